The molecule has 17 heavy (non-hydrogen) atoms. The SMILES string of the molecule is C#CC(C)(C)NC1CN(C(=O)OC(C)(C)C)C1. The predicted octanol–water partition coefficient (Wildman–Crippen LogP) is 1.61. The van der Waals surface area contributed by atoms with Crippen LogP contribution in [-0.2, 0) is 4.74 Å². The molecule has 1 aliphatic rings. The van der Waals surface area contributed by atoms with Crippen LogP contribution in [0.5, 0.6) is 0 Å². The van der Waals surface area contributed by atoms with Crippen LogP contribution in [0.1, 0.15) is 34.6 Å². The van der Waals surface area contributed by atoms with E-state index in [1.807, 2.05) is 34.6 Å². The second-order valence-corrected chi connectivity index (χ2v) is 6.00. The molecule has 0 aliphatic carbocycles. The Kier molecular flexibility index (Phi) is 3.73. The van der Waals surface area contributed by atoms with Crippen LogP contribution in [0.2, 0.25) is 0 Å². The van der Waals surface area contributed by atoms with Gasteiger partial charge >= 0.3 is 6.09 Å². The smallest absolute Gasteiger partial charge is 0.410 e. The van der Waals surface area contributed by atoms with E-state index in [2.05, 4.69) is 11.2 Å². The molecule has 96 valence electrons. The van der Waals surface area contributed by atoms with E-state index in [0.29, 0.717) is 13.1 Å². The summed E-state index contributed by atoms with van der Waals surface area (Å²) in [6, 6.07) is 0.258. The molecule has 0 aromatic rings. The molecule has 0 aromatic carbocycles. The van der Waals surface area contributed by atoms with E-state index in [0.717, 1.165) is 0 Å². The monoisotopic (exact) mass is 238 g/mol. The highest BCUT2D eigenvalue weighted by molar-refractivity contribution is 5.69. The second kappa shape index (κ2) is 4.58. The van der Waals surface area contributed by atoms with Gasteiger partial charge in [-0.1, -0.05) is 5.92 Å². The van der Waals surface area contributed by atoms with Gasteiger partial charge in [0.25, 0.3) is 0 Å². The van der Waals surface area contributed by atoms with Crippen molar-refractivity contribution in [1.29, 1.82) is 0 Å². The quantitative estimate of drug-likeness (QED) is 0.743. The molecule has 1 fully saturated rings. The molecule has 0 saturated carbocycles. The van der Waals surface area contributed by atoms with Gasteiger partial charge in [-0.3, -0.25) is 5.32 Å². The third-order valence-electron chi connectivity index (χ3n) is 2.46. The number of carbonyl (C=O) groups is 1. The number of amides is 1. The number of hydrogen-bond donors (Lipinski definition) is 1. The Balaban J connectivity index is 2.33. The van der Waals surface area contributed by atoms with Crippen molar-refractivity contribution in [2.24, 2.45) is 0 Å². The number of terminal acetylenes is 1. The van der Waals surface area contributed by atoms with E-state index in [1.54, 1.807) is 4.90 Å². The van der Waals surface area contributed by atoms with Gasteiger partial charge in [0.05, 0.1) is 5.54 Å². The van der Waals surface area contributed by atoms with Crippen molar-refractivity contribution in [2.45, 2.75) is 51.8 Å². The van der Waals surface area contributed by atoms with Crippen LogP contribution in [0.25, 0.3) is 0 Å². The molecule has 0 aromatic heterocycles. The van der Waals surface area contributed by atoms with Gasteiger partial charge in [-0.05, 0) is 34.6 Å². The Labute approximate surface area is 104 Å². The van der Waals surface area contributed by atoms with Crippen LogP contribution < -0.4 is 5.32 Å². The molecule has 0 radical (unpaired) electrons. The van der Waals surface area contributed by atoms with Crippen molar-refractivity contribution in [1.82, 2.24) is 10.2 Å². The lowest BCUT2D eigenvalue weighted by Gasteiger charge is -2.42. The second-order valence-electron chi connectivity index (χ2n) is 6.00. The van der Waals surface area contributed by atoms with Gasteiger partial charge < -0.3 is 9.64 Å². The molecule has 4 heteroatoms. The summed E-state index contributed by atoms with van der Waals surface area (Å²) in [5.74, 6) is 2.68. The summed E-state index contributed by atoms with van der Waals surface area (Å²) < 4.78 is 5.27. The zero-order valence-electron chi connectivity index (χ0n) is 11.3. The Bertz CT molecular complexity index is 330. The highest BCUT2D eigenvalue weighted by Gasteiger charge is 2.35. The minimum Gasteiger partial charge on any atom is -0.444 e. The molecular weight excluding hydrogens is 216 g/mol. The molecule has 1 rings (SSSR count). The minimum absolute atomic E-state index is 0.255. The number of carbonyl (C=O) groups excluding carboxylic acids is 1. The van der Waals surface area contributed by atoms with Gasteiger partial charge in [-0.2, -0.15) is 0 Å². The van der Waals surface area contributed by atoms with Gasteiger partial charge in [0.2, 0.25) is 0 Å². The Hall–Kier alpha value is -1.21. The maximum absolute atomic E-state index is 11.7. The first kappa shape index (κ1) is 13.9. The fourth-order valence-corrected chi connectivity index (χ4v) is 1.60. The van der Waals surface area contributed by atoms with Crippen molar-refractivity contribution in [2.75, 3.05) is 13.1 Å². The standard InChI is InChI=1S/C13H22N2O2/c1-7-13(5,6)14-10-8-15(9-10)11(16)17-12(2,3)4/h1,10,14H,8-9H2,2-6H3. The summed E-state index contributed by atoms with van der Waals surface area (Å²) in [6.45, 7) is 10.8. The Morgan fingerprint density at radius 1 is 1.35 bits per heavy atom. The molecule has 1 saturated heterocycles. The van der Waals surface area contributed by atoms with Gasteiger partial charge in [0.15, 0.2) is 0 Å². The lowest BCUT2D eigenvalue weighted by molar-refractivity contribution is 0.00355. The van der Waals surface area contributed by atoms with Gasteiger partial charge in [0, 0.05) is 19.1 Å². The molecule has 1 aliphatic heterocycles. The first-order chi connectivity index (χ1) is 7.63. The average Bonchev–Trinajstić information content (AvgIpc) is 2.07. The Morgan fingerprint density at radius 3 is 2.29 bits per heavy atom. The summed E-state index contributed by atoms with van der Waals surface area (Å²) in [7, 11) is 0. The summed E-state index contributed by atoms with van der Waals surface area (Å²) >= 11 is 0. The minimum atomic E-state index is -0.437. The molecule has 1 N–H and O–H groups in total. The van der Waals surface area contributed by atoms with Crippen molar-refractivity contribution >= 4 is 6.09 Å². The zero-order valence-corrected chi connectivity index (χ0v) is 11.3. The average molecular weight is 238 g/mol. The largest absolute Gasteiger partial charge is 0.444 e. The predicted molar refractivity (Wildman–Crippen MR) is 67.6 cm³/mol. The normalized spacial score (nSPS) is 17.3. The highest BCUT2D eigenvalue weighted by Crippen LogP contribution is 2.16. The summed E-state index contributed by atoms with van der Waals surface area (Å²) in [5.41, 5.74) is -0.766. The van der Waals surface area contributed by atoms with Crippen LogP contribution in [0, 0.1) is 12.3 Å². The van der Waals surface area contributed by atoms with E-state index in [9.17, 15) is 4.79 Å². The Morgan fingerprint density at radius 2 is 1.88 bits per heavy atom. The third-order valence-corrected chi connectivity index (χ3v) is 2.46. The van der Waals surface area contributed by atoms with E-state index in [4.69, 9.17) is 11.2 Å². The van der Waals surface area contributed by atoms with E-state index < -0.39 is 5.60 Å². The van der Waals surface area contributed by atoms with E-state index in [1.165, 1.54) is 0 Å². The molecule has 0 unspecified atom stereocenters. The van der Waals surface area contributed by atoms with Crippen molar-refractivity contribution in [3.8, 4) is 12.3 Å². The summed E-state index contributed by atoms with van der Waals surface area (Å²) in [4.78, 5) is 13.3. The van der Waals surface area contributed by atoms with Gasteiger partial charge in [0.1, 0.15) is 5.60 Å². The fourth-order valence-electron chi connectivity index (χ4n) is 1.60. The van der Waals surface area contributed by atoms with E-state index in [-0.39, 0.29) is 17.7 Å². The molecule has 4 nitrogen and oxygen atoms in total. The third kappa shape index (κ3) is 4.27. The summed E-state index contributed by atoms with van der Waals surface area (Å²) in [5, 5.41) is 3.30. The van der Waals surface area contributed by atoms with Gasteiger partial charge in [-0.15, -0.1) is 6.42 Å². The molecule has 0 atom stereocenters. The van der Waals surface area contributed by atoms with Crippen LogP contribution in [-0.4, -0.2) is 41.3 Å². The lowest BCUT2D eigenvalue weighted by atomic mass is 10.0. The van der Waals surface area contributed by atoms with Crippen LogP contribution >= 0.6 is 0 Å². The number of likely N-dealkylation sites (tertiary alicyclic amines) is 1. The molecular formula is C13H22N2O2. The first-order valence-corrected chi connectivity index (χ1v) is 5.86. The van der Waals surface area contributed by atoms with Crippen LogP contribution in [0.3, 0.4) is 0 Å². The number of rotatable bonds is 2. The number of nitrogens with zero attached hydrogens (tertiary/aromatic N) is 1. The maximum Gasteiger partial charge on any atom is 0.410 e. The first-order valence-electron chi connectivity index (χ1n) is 5.86. The maximum atomic E-state index is 11.7. The topological polar surface area (TPSA) is 41.6 Å². The summed E-state index contributed by atoms with van der Waals surface area (Å²) in [6.07, 6.45) is 5.14. The van der Waals surface area contributed by atoms with Gasteiger partial charge in [-0.25, -0.2) is 4.79 Å². The molecule has 1 heterocycles. The number of ether oxygens (including phenoxy) is 1. The zero-order chi connectivity index (χ0) is 13.3. The number of nitrogens with one attached hydrogen (secondary N) is 1. The molecule has 1 amide bonds. The van der Waals surface area contributed by atoms with Crippen molar-refractivity contribution in [3.05, 3.63) is 0 Å². The van der Waals surface area contributed by atoms with Crippen LogP contribution in [0.15, 0.2) is 0 Å². The van der Waals surface area contributed by atoms with E-state index >= 15 is 0 Å². The fraction of sp³-hybridized carbons (Fsp3) is 0.769. The molecule has 0 spiro atoms. The van der Waals surface area contributed by atoms with Crippen molar-refractivity contribution < 1.29 is 9.53 Å². The van der Waals surface area contributed by atoms with Crippen LogP contribution in [0.4, 0.5) is 4.79 Å². The van der Waals surface area contributed by atoms with Crippen molar-refractivity contribution in [3.63, 3.8) is 0 Å². The highest BCUT2D eigenvalue weighted by atomic mass is 16.6. The number of hydrogen-bond acceptors (Lipinski definition) is 3. The molecule has 0 bridgehead atoms. The lowest BCUT2D eigenvalue weighted by Crippen LogP contribution is -2.64.